The molecule has 1 aliphatic heterocycles. The highest BCUT2D eigenvalue weighted by atomic mass is 32.2. The van der Waals surface area contributed by atoms with E-state index < -0.39 is 0 Å². The molecular formula is C22H18N2O3S2. The van der Waals surface area contributed by atoms with Crippen LogP contribution in [0.5, 0.6) is 0 Å². The summed E-state index contributed by atoms with van der Waals surface area (Å²) in [5.74, 6) is 0.214. The number of nitrogens with one attached hydrogen (secondary N) is 1. The maximum absolute atomic E-state index is 12.4. The molecule has 2 aromatic carbocycles. The van der Waals surface area contributed by atoms with Crippen LogP contribution in [0.25, 0.3) is 0 Å². The number of anilines is 1. The number of amides is 3. The third-order valence-corrected chi connectivity index (χ3v) is 6.46. The first-order chi connectivity index (χ1) is 14.1. The smallest absolute Gasteiger partial charge is 0.265 e. The molecule has 3 aromatic rings. The van der Waals surface area contributed by atoms with E-state index in [1.165, 1.54) is 16.2 Å². The van der Waals surface area contributed by atoms with Crippen LogP contribution in [0.1, 0.15) is 36.8 Å². The van der Waals surface area contributed by atoms with Crippen LogP contribution in [0.15, 0.2) is 70.9 Å². The maximum atomic E-state index is 12.4. The summed E-state index contributed by atoms with van der Waals surface area (Å²) in [6, 6.07) is 18.2. The SMILES string of the molecule is O=C(Nc1cccc(SCCCN2C(=O)c3ccccc3C2=O)c1)c1cccs1. The van der Waals surface area contributed by atoms with Crippen LogP contribution in [0, 0.1) is 0 Å². The molecule has 2 heterocycles. The molecule has 4 rings (SSSR count). The molecule has 0 unspecified atom stereocenters. The number of benzene rings is 2. The lowest BCUT2D eigenvalue weighted by Gasteiger charge is -2.13. The minimum absolute atomic E-state index is 0.118. The second-order valence-corrected chi connectivity index (χ2v) is 8.58. The number of hydrogen-bond donors (Lipinski definition) is 1. The zero-order valence-corrected chi connectivity index (χ0v) is 17.1. The standard InChI is InChI=1S/C22H18N2O3S2/c25-20(19-10-4-12-29-19)23-15-6-3-7-16(14-15)28-13-5-11-24-21(26)17-8-1-2-9-18(17)22(24)27/h1-4,6-10,12,14H,5,11,13H2,(H,23,25). The average molecular weight is 423 g/mol. The average Bonchev–Trinajstić information content (AvgIpc) is 3.35. The van der Waals surface area contributed by atoms with Crippen molar-refractivity contribution in [2.24, 2.45) is 0 Å². The van der Waals surface area contributed by atoms with Crippen LogP contribution in [0.4, 0.5) is 5.69 Å². The number of imide groups is 1. The Morgan fingerprint density at radius 1 is 0.966 bits per heavy atom. The Labute approximate surface area is 176 Å². The molecule has 5 nitrogen and oxygen atoms in total. The molecule has 0 aliphatic carbocycles. The van der Waals surface area contributed by atoms with Crippen molar-refractivity contribution in [1.82, 2.24) is 4.90 Å². The lowest BCUT2D eigenvalue weighted by Crippen LogP contribution is -2.30. The van der Waals surface area contributed by atoms with E-state index in [1.54, 1.807) is 42.1 Å². The molecule has 0 bridgehead atoms. The Morgan fingerprint density at radius 2 is 1.72 bits per heavy atom. The summed E-state index contributed by atoms with van der Waals surface area (Å²) in [6.07, 6.45) is 0.696. The van der Waals surface area contributed by atoms with Gasteiger partial charge in [-0.3, -0.25) is 19.3 Å². The van der Waals surface area contributed by atoms with Gasteiger partial charge in [-0.2, -0.15) is 0 Å². The van der Waals surface area contributed by atoms with Gasteiger partial charge in [0.05, 0.1) is 16.0 Å². The van der Waals surface area contributed by atoms with Gasteiger partial charge < -0.3 is 5.32 Å². The normalized spacial score (nSPS) is 12.9. The minimum atomic E-state index is -0.214. The van der Waals surface area contributed by atoms with Crippen molar-refractivity contribution in [3.8, 4) is 0 Å². The summed E-state index contributed by atoms with van der Waals surface area (Å²) in [4.78, 5) is 39.9. The summed E-state index contributed by atoms with van der Waals surface area (Å²) in [6.45, 7) is 0.397. The van der Waals surface area contributed by atoms with Gasteiger partial charge in [-0.05, 0) is 54.0 Å². The fourth-order valence-electron chi connectivity index (χ4n) is 3.12. The van der Waals surface area contributed by atoms with Gasteiger partial charge in [0, 0.05) is 17.1 Å². The number of nitrogens with zero attached hydrogens (tertiary/aromatic N) is 1. The van der Waals surface area contributed by atoms with Crippen molar-refractivity contribution in [1.29, 1.82) is 0 Å². The Kier molecular flexibility index (Phi) is 5.78. The molecular weight excluding hydrogens is 404 g/mol. The van der Waals surface area contributed by atoms with Crippen molar-refractivity contribution >= 4 is 46.5 Å². The number of thioether (sulfide) groups is 1. The van der Waals surface area contributed by atoms with Gasteiger partial charge in [0.1, 0.15) is 0 Å². The molecule has 0 atom stereocenters. The Morgan fingerprint density at radius 3 is 2.41 bits per heavy atom. The molecule has 1 aromatic heterocycles. The third kappa shape index (κ3) is 4.26. The molecule has 0 spiro atoms. The minimum Gasteiger partial charge on any atom is -0.321 e. The van der Waals surface area contributed by atoms with Gasteiger partial charge in [0.25, 0.3) is 17.7 Å². The second kappa shape index (κ2) is 8.63. The quantitative estimate of drug-likeness (QED) is 0.338. The van der Waals surface area contributed by atoms with Crippen molar-refractivity contribution in [2.75, 3.05) is 17.6 Å². The largest absolute Gasteiger partial charge is 0.321 e. The van der Waals surface area contributed by atoms with Crippen molar-refractivity contribution < 1.29 is 14.4 Å². The highest BCUT2D eigenvalue weighted by molar-refractivity contribution is 7.99. The summed E-state index contributed by atoms with van der Waals surface area (Å²) in [5.41, 5.74) is 1.72. The van der Waals surface area contributed by atoms with Crippen LogP contribution in [-0.4, -0.2) is 34.9 Å². The van der Waals surface area contributed by atoms with Crippen molar-refractivity contribution in [3.63, 3.8) is 0 Å². The molecule has 146 valence electrons. The van der Waals surface area contributed by atoms with Gasteiger partial charge in [-0.1, -0.05) is 24.3 Å². The number of fused-ring (bicyclic) bond motifs is 1. The molecule has 0 radical (unpaired) electrons. The lowest BCUT2D eigenvalue weighted by molar-refractivity contribution is 0.0654. The zero-order valence-electron chi connectivity index (χ0n) is 15.5. The maximum Gasteiger partial charge on any atom is 0.265 e. The van der Waals surface area contributed by atoms with E-state index in [1.807, 2.05) is 35.7 Å². The van der Waals surface area contributed by atoms with Gasteiger partial charge in [0.15, 0.2) is 0 Å². The topological polar surface area (TPSA) is 66.5 Å². The number of thiophene rings is 1. The van der Waals surface area contributed by atoms with Crippen LogP contribution in [-0.2, 0) is 0 Å². The molecule has 29 heavy (non-hydrogen) atoms. The summed E-state index contributed by atoms with van der Waals surface area (Å²) >= 11 is 3.03. The van der Waals surface area contributed by atoms with Crippen molar-refractivity contribution in [3.05, 3.63) is 82.0 Å². The second-order valence-electron chi connectivity index (χ2n) is 6.47. The van der Waals surface area contributed by atoms with Crippen molar-refractivity contribution in [2.45, 2.75) is 11.3 Å². The molecule has 0 fully saturated rings. The Balaban J connectivity index is 1.29. The monoisotopic (exact) mass is 422 g/mol. The van der Waals surface area contributed by atoms with E-state index in [0.717, 1.165) is 16.3 Å². The molecule has 0 saturated heterocycles. The van der Waals surface area contributed by atoms with Gasteiger partial charge in [-0.15, -0.1) is 23.1 Å². The van der Waals surface area contributed by atoms with E-state index in [9.17, 15) is 14.4 Å². The first kappa shape index (κ1) is 19.4. The number of rotatable bonds is 7. The molecule has 7 heteroatoms. The Hall–Kier alpha value is -2.90. The van der Waals surface area contributed by atoms with Crippen LogP contribution < -0.4 is 5.32 Å². The van der Waals surface area contributed by atoms with E-state index in [-0.39, 0.29) is 17.7 Å². The number of hydrogen-bond acceptors (Lipinski definition) is 5. The predicted octanol–water partition coefficient (Wildman–Crippen LogP) is 4.78. The Bertz CT molecular complexity index is 1030. The van der Waals surface area contributed by atoms with E-state index in [2.05, 4.69) is 5.32 Å². The summed E-state index contributed by atoms with van der Waals surface area (Å²) in [7, 11) is 0. The van der Waals surface area contributed by atoms with Gasteiger partial charge >= 0.3 is 0 Å². The predicted molar refractivity (Wildman–Crippen MR) is 116 cm³/mol. The van der Waals surface area contributed by atoms with Gasteiger partial charge in [0.2, 0.25) is 0 Å². The van der Waals surface area contributed by atoms with Crippen LogP contribution in [0.2, 0.25) is 0 Å². The lowest BCUT2D eigenvalue weighted by atomic mass is 10.1. The summed E-state index contributed by atoms with van der Waals surface area (Å²) < 4.78 is 0. The molecule has 3 amide bonds. The highest BCUT2D eigenvalue weighted by Gasteiger charge is 2.34. The first-order valence-electron chi connectivity index (χ1n) is 9.16. The van der Waals surface area contributed by atoms with Gasteiger partial charge in [-0.25, -0.2) is 0 Å². The third-order valence-electron chi connectivity index (χ3n) is 4.51. The highest BCUT2D eigenvalue weighted by Crippen LogP contribution is 2.25. The first-order valence-corrected chi connectivity index (χ1v) is 11.0. The molecule has 1 N–H and O–H groups in total. The number of carbonyl (C=O) groups is 3. The molecule has 0 saturated carbocycles. The fourth-order valence-corrected chi connectivity index (χ4v) is 4.63. The zero-order chi connectivity index (χ0) is 20.2. The molecule has 1 aliphatic rings. The fraction of sp³-hybridized carbons (Fsp3) is 0.136. The number of carbonyl (C=O) groups excluding carboxylic acids is 3. The van der Waals surface area contributed by atoms with E-state index in [0.29, 0.717) is 29.0 Å². The van der Waals surface area contributed by atoms with E-state index >= 15 is 0 Å². The van der Waals surface area contributed by atoms with Crippen LogP contribution in [0.3, 0.4) is 0 Å². The van der Waals surface area contributed by atoms with E-state index in [4.69, 9.17) is 0 Å². The van der Waals surface area contributed by atoms with Crippen LogP contribution >= 0.6 is 23.1 Å². The summed E-state index contributed by atoms with van der Waals surface area (Å²) in [5, 5.41) is 4.77.